The third-order valence-electron chi connectivity index (χ3n) is 4.07. The van der Waals surface area contributed by atoms with Crippen molar-refractivity contribution in [3.05, 3.63) is 23.4 Å². The smallest absolute Gasteiger partial charge is 0.175 e. The molecule has 1 aliphatic rings. The van der Waals surface area contributed by atoms with E-state index in [1.165, 1.54) is 35.3 Å². The molecule has 1 N–H and O–H groups in total. The van der Waals surface area contributed by atoms with Crippen LogP contribution in [-0.2, 0) is 6.42 Å². The zero-order valence-corrected chi connectivity index (χ0v) is 12.0. The molecular weight excluding hydrogens is 236 g/mol. The van der Waals surface area contributed by atoms with E-state index < -0.39 is 0 Å². The van der Waals surface area contributed by atoms with E-state index in [-0.39, 0.29) is 0 Å². The second kappa shape index (κ2) is 4.76. The van der Waals surface area contributed by atoms with Gasteiger partial charge in [0.15, 0.2) is 5.82 Å². The van der Waals surface area contributed by atoms with Crippen molar-refractivity contribution in [2.24, 2.45) is 0 Å². The summed E-state index contributed by atoms with van der Waals surface area (Å²) in [5, 5.41) is 8.23. The standard InChI is InChI=1S/C15H22N4/c1-4-12-8-7-11(2)19-14(12)13(16-3)15(17-19)18-9-5-6-10-18/h7-8,16H,4-6,9-10H2,1-3H3. The van der Waals surface area contributed by atoms with Gasteiger partial charge in [0.05, 0.1) is 5.52 Å². The van der Waals surface area contributed by atoms with E-state index in [0.29, 0.717) is 0 Å². The van der Waals surface area contributed by atoms with E-state index in [1.807, 2.05) is 7.05 Å². The quantitative estimate of drug-likeness (QED) is 0.919. The van der Waals surface area contributed by atoms with Gasteiger partial charge in [-0.3, -0.25) is 0 Å². The number of nitrogens with zero attached hydrogens (tertiary/aromatic N) is 3. The lowest BCUT2D eigenvalue weighted by Gasteiger charge is -2.15. The van der Waals surface area contributed by atoms with Gasteiger partial charge in [0.25, 0.3) is 0 Å². The molecule has 4 nitrogen and oxygen atoms in total. The molecular formula is C15H22N4. The van der Waals surface area contributed by atoms with Crippen molar-refractivity contribution >= 4 is 17.0 Å². The number of hydrogen-bond acceptors (Lipinski definition) is 3. The first-order valence-electron chi connectivity index (χ1n) is 7.20. The molecule has 0 saturated carbocycles. The Kier molecular flexibility index (Phi) is 3.09. The van der Waals surface area contributed by atoms with Crippen LogP contribution in [0.1, 0.15) is 31.0 Å². The molecule has 1 aliphatic heterocycles. The molecule has 3 heterocycles. The van der Waals surface area contributed by atoms with Gasteiger partial charge in [0.1, 0.15) is 5.69 Å². The van der Waals surface area contributed by atoms with E-state index in [2.05, 4.69) is 40.7 Å². The molecule has 0 amide bonds. The fourth-order valence-electron chi connectivity index (χ4n) is 2.99. The van der Waals surface area contributed by atoms with Gasteiger partial charge in [-0.15, -0.1) is 5.10 Å². The van der Waals surface area contributed by atoms with E-state index >= 15 is 0 Å². The van der Waals surface area contributed by atoms with E-state index in [1.54, 1.807) is 0 Å². The average Bonchev–Trinajstić information content (AvgIpc) is 3.06. The van der Waals surface area contributed by atoms with Crippen LogP contribution in [-0.4, -0.2) is 29.8 Å². The van der Waals surface area contributed by atoms with Crippen molar-refractivity contribution in [2.75, 3.05) is 30.4 Å². The van der Waals surface area contributed by atoms with Crippen LogP contribution in [0.15, 0.2) is 12.1 Å². The highest BCUT2D eigenvalue weighted by molar-refractivity contribution is 5.86. The highest BCUT2D eigenvalue weighted by atomic mass is 15.3. The van der Waals surface area contributed by atoms with Crippen LogP contribution in [0, 0.1) is 6.92 Å². The van der Waals surface area contributed by atoms with Gasteiger partial charge in [-0.2, -0.15) is 0 Å². The molecule has 3 rings (SSSR count). The minimum atomic E-state index is 1.03. The number of aromatic nitrogens is 2. The monoisotopic (exact) mass is 258 g/mol. The van der Waals surface area contributed by atoms with E-state index in [4.69, 9.17) is 5.10 Å². The Morgan fingerprint density at radius 1 is 1.26 bits per heavy atom. The van der Waals surface area contributed by atoms with Gasteiger partial charge in [0.2, 0.25) is 0 Å². The van der Waals surface area contributed by atoms with E-state index in [0.717, 1.165) is 25.3 Å². The molecule has 1 fully saturated rings. The summed E-state index contributed by atoms with van der Waals surface area (Å²) >= 11 is 0. The normalized spacial score (nSPS) is 15.4. The van der Waals surface area contributed by atoms with Crippen molar-refractivity contribution in [3.63, 3.8) is 0 Å². The summed E-state index contributed by atoms with van der Waals surface area (Å²) in [7, 11) is 2.00. The number of hydrogen-bond donors (Lipinski definition) is 1. The highest BCUT2D eigenvalue weighted by Gasteiger charge is 2.22. The molecule has 0 bridgehead atoms. The van der Waals surface area contributed by atoms with Crippen LogP contribution in [0.3, 0.4) is 0 Å². The summed E-state index contributed by atoms with van der Waals surface area (Å²) in [4.78, 5) is 2.40. The molecule has 4 heteroatoms. The molecule has 19 heavy (non-hydrogen) atoms. The summed E-state index contributed by atoms with van der Waals surface area (Å²) in [6.07, 6.45) is 3.58. The molecule has 0 atom stereocenters. The number of anilines is 2. The summed E-state index contributed by atoms with van der Waals surface area (Å²) in [6.45, 7) is 6.57. The molecule has 0 unspecified atom stereocenters. The number of fused-ring (bicyclic) bond motifs is 1. The summed E-state index contributed by atoms with van der Waals surface area (Å²) in [5.74, 6) is 1.11. The SMILES string of the molecule is CCc1ccc(C)n2nc(N3CCCC3)c(NC)c12. The van der Waals surface area contributed by atoms with Crippen molar-refractivity contribution in [1.82, 2.24) is 9.61 Å². The lowest BCUT2D eigenvalue weighted by atomic mass is 10.1. The molecule has 0 spiro atoms. The first kappa shape index (κ1) is 12.3. The van der Waals surface area contributed by atoms with Gasteiger partial charge in [-0.05, 0) is 37.8 Å². The minimum absolute atomic E-state index is 1.03. The third-order valence-corrected chi connectivity index (χ3v) is 4.07. The second-order valence-electron chi connectivity index (χ2n) is 5.26. The van der Waals surface area contributed by atoms with Gasteiger partial charge in [-0.1, -0.05) is 13.0 Å². The maximum Gasteiger partial charge on any atom is 0.175 e. The average molecular weight is 258 g/mol. The zero-order chi connectivity index (χ0) is 13.4. The van der Waals surface area contributed by atoms with Gasteiger partial charge in [-0.25, -0.2) is 4.52 Å². The molecule has 1 saturated heterocycles. The summed E-state index contributed by atoms with van der Waals surface area (Å²) in [5.41, 5.74) is 4.97. The van der Waals surface area contributed by atoms with Crippen molar-refractivity contribution in [3.8, 4) is 0 Å². The Hall–Kier alpha value is -1.71. The van der Waals surface area contributed by atoms with Crippen LogP contribution in [0.5, 0.6) is 0 Å². The molecule has 2 aromatic rings. The number of rotatable bonds is 3. The van der Waals surface area contributed by atoms with Crippen LogP contribution in [0.4, 0.5) is 11.5 Å². The van der Waals surface area contributed by atoms with Crippen molar-refractivity contribution in [1.29, 1.82) is 0 Å². The van der Waals surface area contributed by atoms with Crippen molar-refractivity contribution < 1.29 is 0 Å². The predicted octanol–water partition coefficient (Wildman–Crippen LogP) is 2.85. The maximum atomic E-state index is 4.85. The van der Waals surface area contributed by atoms with Crippen LogP contribution in [0.25, 0.3) is 5.52 Å². The topological polar surface area (TPSA) is 32.6 Å². The fraction of sp³-hybridized carbons (Fsp3) is 0.533. The van der Waals surface area contributed by atoms with Crippen LogP contribution in [0.2, 0.25) is 0 Å². The molecule has 0 radical (unpaired) electrons. The first-order chi connectivity index (χ1) is 9.26. The number of pyridine rings is 1. The molecule has 2 aromatic heterocycles. The maximum absolute atomic E-state index is 4.85. The summed E-state index contributed by atoms with van der Waals surface area (Å²) < 4.78 is 2.10. The highest BCUT2D eigenvalue weighted by Crippen LogP contribution is 2.34. The fourth-order valence-corrected chi connectivity index (χ4v) is 2.99. The van der Waals surface area contributed by atoms with Gasteiger partial charge >= 0.3 is 0 Å². The Labute approximate surface area is 114 Å². The van der Waals surface area contributed by atoms with Crippen LogP contribution < -0.4 is 10.2 Å². The predicted molar refractivity (Wildman–Crippen MR) is 80.3 cm³/mol. The number of aryl methyl sites for hydroxylation is 2. The first-order valence-corrected chi connectivity index (χ1v) is 7.20. The Morgan fingerprint density at radius 2 is 2.00 bits per heavy atom. The molecule has 0 aliphatic carbocycles. The lowest BCUT2D eigenvalue weighted by molar-refractivity contribution is 0.860. The zero-order valence-electron chi connectivity index (χ0n) is 12.0. The Morgan fingerprint density at radius 3 is 2.63 bits per heavy atom. The Balaban J connectivity index is 2.25. The van der Waals surface area contributed by atoms with Gasteiger partial charge in [0, 0.05) is 25.8 Å². The number of nitrogens with one attached hydrogen (secondary N) is 1. The lowest BCUT2D eigenvalue weighted by Crippen LogP contribution is -2.19. The van der Waals surface area contributed by atoms with Crippen molar-refractivity contribution in [2.45, 2.75) is 33.1 Å². The Bertz CT molecular complexity index is 594. The summed E-state index contributed by atoms with van der Waals surface area (Å²) in [6, 6.07) is 4.38. The second-order valence-corrected chi connectivity index (χ2v) is 5.26. The third kappa shape index (κ3) is 1.86. The molecule has 102 valence electrons. The van der Waals surface area contributed by atoms with E-state index in [9.17, 15) is 0 Å². The molecule has 0 aromatic carbocycles. The van der Waals surface area contributed by atoms with Gasteiger partial charge < -0.3 is 10.2 Å². The minimum Gasteiger partial charge on any atom is -0.383 e. The van der Waals surface area contributed by atoms with Crippen LogP contribution >= 0.6 is 0 Å². The largest absolute Gasteiger partial charge is 0.383 e.